The third kappa shape index (κ3) is 4.25. The molecule has 0 bridgehead atoms. The lowest BCUT2D eigenvalue weighted by Crippen LogP contribution is -2.25. The zero-order chi connectivity index (χ0) is 20.2. The van der Waals surface area contributed by atoms with Crippen LogP contribution in [0.4, 0.5) is 0 Å². The maximum absolute atomic E-state index is 12.2. The van der Waals surface area contributed by atoms with Crippen molar-refractivity contribution in [1.82, 2.24) is 5.01 Å². The van der Waals surface area contributed by atoms with Crippen molar-refractivity contribution < 1.29 is 14.3 Å². The van der Waals surface area contributed by atoms with Gasteiger partial charge in [0.15, 0.2) is 0 Å². The third-order valence-corrected chi connectivity index (χ3v) is 4.79. The van der Waals surface area contributed by atoms with Gasteiger partial charge in [-0.05, 0) is 29.8 Å². The molecule has 0 saturated carbocycles. The summed E-state index contributed by atoms with van der Waals surface area (Å²) in [5.41, 5.74) is 2.47. The Balaban J connectivity index is 1.56. The fourth-order valence-corrected chi connectivity index (χ4v) is 3.24. The number of hydrogen-bond acceptors (Lipinski definition) is 4. The lowest BCUT2D eigenvalue weighted by atomic mass is 10.1. The predicted octanol–water partition coefficient (Wildman–Crippen LogP) is 5.16. The normalized spacial score (nSPS) is 15.6. The average molecular weight is 407 g/mol. The van der Waals surface area contributed by atoms with Crippen LogP contribution in [0.25, 0.3) is 0 Å². The van der Waals surface area contributed by atoms with Crippen LogP contribution in [0.1, 0.15) is 29.8 Å². The molecule has 0 aliphatic carbocycles. The SMILES string of the molecule is CC(=O)N1N=C(c2ccccc2Cl)O[C@H]1c1cccc(OCc2ccccc2)c1. The maximum atomic E-state index is 12.2. The number of carbonyl (C=O) groups excluding carboxylic acids is 1. The number of benzene rings is 3. The zero-order valence-electron chi connectivity index (χ0n) is 15.8. The molecule has 6 heteroatoms. The van der Waals surface area contributed by atoms with Crippen LogP contribution in [0.5, 0.6) is 5.75 Å². The molecule has 5 nitrogen and oxygen atoms in total. The van der Waals surface area contributed by atoms with Gasteiger partial charge in [-0.15, -0.1) is 5.10 Å². The fourth-order valence-electron chi connectivity index (χ4n) is 3.03. The summed E-state index contributed by atoms with van der Waals surface area (Å²) in [6, 6.07) is 24.6. The van der Waals surface area contributed by atoms with Crippen molar-refractivity contribution in [3.05, 3.63) is 101 Å². The van der Waals surface area contributed by atoms with Crippen LogP contribution in [0.3, 0.4) is 0 Å². The van der Waals surface area contributed by atoms with Crippen molar-refractivity contribution in [2.45, 2.75) is 19.8 Å². The second kappa shape index (κ2) is 8.37. The second-order valence-corrected chi connectivity index (χ2v) is 6.97. The minimum atomic E-state index is -0.681. The monoisotopic (exact) mass is 406 g/mol. The highest BCUT2D eigenvalue weighted by atomic mass is 35.5. The number of halogens is 1. The van der Waals surface area contributed by atoms with Gasteiger partial charge in [0.25, 0.3) is 0 Å². The van der Waals surface area contributed by atoms with Crippen molar-refractivity contribution in [3.8, 4) is 5.75 Å². The molecule has 1 heterocycles. The van der Waals surface area contributed by atoms with Crippen molar-refractivity contribution in [1.29, 1.82) is 0 Å². The first-order valence-electron chi connectivity index (χ1n) is 9.18. The summed E-state index contributed by atoms with van der Waals surface area (Å²) in [5, 5.41) is 6.18. The smallest absolute Gasteiger partial charge is 0.243 e. The van der Waals surface area contributed by atoms with E-state index in [4.69, 9.17) is 21.1 Å². The van der Waals surface area contributed by atoms with Crippen LogP contribution < -0.4 is 4.74 Å². The van der Waals surface area contributed by atoms with E-state index in [1.165, 1.54) is 11.9 Å². The Hall–Kier alpha value is -3.31. The van der Waals surface area contributed by atoms with Crippen molar-refractivity contribution in [2.24, 2.45) is 5.10 Å². The van der Waals surface area contributed by atoms with E-state index in [1.807, 2.05) is 66.7 Å². The highest BCUT2D eigenvalue weighted by Gasteiger charge is 2.33. The Bertz CT molecular complexity index is 1050. The molecule has 1 amide bonds. The van der Waals surface area contributed by atoms with Gasteiger partial charge in [-0.3, -0.25) is 4.79 Å². The van der Waals surface area contributed by atoms with Gasteiger partial charge in [0.2, 0.25) is 18.0 Å². The Kier molecular flexibility index (Phi) is 5.49. The Morgan fingerprint density at radius 3 is 2.59 bits per heavy atom. The van der Waals surface area contributed by atoms with Gasteiger partial charge < -0.3 is 9.47 Å². The minimum absolute atomic E-state index is 0.229. The minimum Gasteiger partial charge on any atom is -0.489 e. The zero-order valence-corrected chi connectivity index (χ0v) is 16.5. The lowest BCUT2D eigenvalue weighted by Gasteiger charge is -2.20. The molecule has 3 aromatic carbocycles. The van der Waals surface area contributed by atoms with Gasteiger partial charge in [-0.25, -0.2) is 0 Å². The fraction of sp³-hybridized carbons (Fsp3) is 0.130. The highest BCUT2D eigenvalue weighted by Crippen LogP contribution is 2.33. The van der Waals surface area contributed by atoms with Crippen LogP contribution >= 0.6 is 11.6 Å². The average Bonchev–Trinajstić information content (AvgIpc) is 3.19. The van der Waals surface area contributed by atoms with E-state index in [0.717, 1.165) is 11.1 Å². The second-order valence-electron chi connectivity index (χ2n) is 6.57. The van der Waals surface area contributed by atoms with Crippen molar-refractivity contribution in [3.63, 3.8) is 0 Å². The van der Waals surface area contributed by atoms with Crippen molar-refractivity contribution in [2.75, 3.05) is 0 Å². The van der Waals surface area contributed by atoms with E-state index >= 15 is 0 Å². The van der Waals surface area contributed by atoms with E-state index in [0.29, 0.717) is 28.8 Å². The molecule has 0 fully saturated rings. The van der Waals surface area contributed by atoms with Gasteiger partial charge in [0, 0.05) is 12.5 Å². The van der Waals surface area contributed by atoms with Crippen molar-refractivity contribution >= 4 is 23.4 Å². The first-order valence-corrected chi connectivity index (χ1v) is 9.56. The summed E-state index contributed by atoms with van der Waals surface area (Å²) in [5.74, 6) is 0.767. The number of hydrogen-bond donors (Lipinski definition) is 0. The molecule has 146 valence electrons. The van der Waals surface area contributed by atoms with Crippen LogP contribution in [-0.2, 0) is 16.1 Å². The molecule has 1 atom stereocenters. The van der Waals surface area contributed by atoms with Gasteiger partial charge in [0.1, 0.15) is 12.4 Å². The summed E-state index contributed by atoms with van der Waals surface area (Å²) >= 11 is 6.27. The Morgan fingerprint density at radius 2 is 1.83 bits per heavy atom. The first-order chi connectivity index (χ1) is 14.1. The van der Waals surface area contributed by atoms with Crippen LogP contribution in [0.15, 0.2) is 84.0 Å². The summed E-state index contributed by atoms with van der Waals surface area (Å²) < 4.78 is 11.9. The summed E-state index contributed by atoms with van der Waals surface area (Å²) in [6.45, 7) is 1.90. The van der Waals surface area contributed by atoms with Crippen LogP contribution in [0.2, 0.25) is 5.02 Å². The molecule has 1 aliphatic rings. The Labute approximate surface area is 174 Å². The molecule has 0 spiro atoms. The predicted molar refractivity (Wildman–Crippen MR) is 112 cm³/mol. The van der Waals surface area contributed by atoms with Gasteiger partial charge >= 0.3 is 0 Å². The van der Waals surface area contributed by atoms with Gasteiger partial charge in [-0.2, -0.15) is 5.01 Å². The topological polar surface area (TPSA) is 51.1 Å². The molecule has 0 radical (unpaired) electrons. The molecule has 0 unspecified atom stereocenters. The van der Waals surface area contributed by atoms with E-state index in [2.05, 4.69) is 5.10 Å². The van der Waals surface area contributed by atoms with Gasteiger partial charge in [0.05, 0.1) is 10.6 Å². The van der Waals surface area contributed by atoms with E-state index < -0.39 is 6.23 Å². The molecular weight excluding hydrogens is 388 g/mol. The number of amides is 1. The summed E-state index contributed by atoms with van der Waals surface area (Å²) in [4.78, 5) is 12.2. The molecule has 4 rings (SSSR count). The number of ether oxygens (including phenoxy) is 2. The quantitative estimate of drug-likeness (QED) is 0.588. The number of nitrogens with zero attached hydrogens (tertiary/aromatic N) is 2. The van der Waals surface area contributed by atoms with E-state index in [-0.39, 0.29) is 5.91 Å². The molecular formula is C23H19ClN2O3. The van der Waals surface area contributed by atoms with Crippen LogP contribution in [0, 0.1) is 0 Å². The molecule has 29 heavy (non-hydrogen) atoms. The summed E-state index contributed by atoms with van der Waals surface area (Å²) in [7, 11) is 0. The molecule has 1 aliphatic heterocycles. The largest absolute Gasteiger partial charge is 0.489 e. The standard InChI is InChI=1S/C23H19ClN2O3/c1-16(27)26-23(29-22(25-26)20-12-5-6-13-21(20)24)18-10-7-11-19(14-18)28-15-17-8-3-2-4-9-17/h2-14,23H,15H2,1H3/t23-/m0/s1. The van der Waals surface area contributed by atoms with E-state index in [9.17, 15) is 4.79 Å². The third-order valence-electron chi connectivity index (χ3n) is 4.46. The highest BCUT2D eigenvalue weighted by molar-refractivity contribution is 6.33. The van der Waals surface area contributed by atoms with E-state index in [1.54, 1.807) is 12.1 Å². The molecule has 0 saturated heterocycles. The summed E-state index contributed by atoms with van der Waals surface area (Å²) in [6.07, 6.45) is -0.681. The Morgan fingerprint density at radius 1 is 1.07 bits per heavy atom. The number of rotatable bonds is 5. The lowest BCUT2D eigenvalue weighted by molar-refractivity contribution is -0.135. The van der Waals surface area contributed by atoms with Gasteiger partial charge in [-0.1, -0.05) is 66.2 Å². The molecule has 3 aromatic rings. The molecule has 0 aromatic heterocycles. The number of hydrazone groups is 1. The first kappa shape index (κ1) is 19.0. The molecule has 0 N–H and O–H groups in total. The maximum Gasteiger partial charge on any atom is 0.243 e. The van der Waals surface area contributed by atoms with Crippen LogP contribution in [-0.4, -0.2) is 16.8 Å². The number of carbonyl (C=O) groups is 1.